The summed E-state index contributed by atoms with van der Waals surface area (Å²) in [5.74, 6) is 0.0611. The van der Waals surface area contributed by atoms with E-state index in [4.69, 9.17) is 4.74 Å². The molecular weight excluding hydrogens is 472 g/mol. The van der Waals surface area contributed by atoms with Crippen LogP contribution in [-0.4, -0.2) is 39.7 Å². The largest absolute Gasteiger partial charge is 0.446 e. The van der Waals surface area contributed by atoms with Crippen LogP contribution in [0.3, 0.4) is 0 Å². The van der Waals surface area contributed by atoms with E-state index in [1.807, 2.05) is 65.6 Å². The molecule has 0 bridgehead atoms. The molecule has 194 valence electrons. The van der Waals surface area contributed by atoms with E-state index in [9.17, 15) is 14.9 Å². The summed E-state index contributed by atoms with van der Waals surface area (Å²) in [7, 11) is 0. The quantitative estimate of drug-likeness (QED) is 0.250. The Hall–Kier alpha value is -4.05. The van der Waals surface area contributed by atoms with Crippen molar-refractivity contribution in [3.05, 3.63) is 88.2 Å². The number of esters is 1. The van der Waals surface area contributed by atoms with Crippen LogP contribution in [0.2, 0.25) is 0 Å². The molecule has 0 saturated carbocycles. The third-order valence-corrected chi connectivity index (χ3v) is 6.01. The van der Waals surface area contributed by atoms with Crippen LogP contribution in [0, 0.1) is 15.5 Å². The van der Waals surface area contributed by atoms with Gasteiger partial charge in [-0.2, -0.15) is 0 Å². The van der Waals surface area contributed by atoms with Crippen molar-refractivity contribution in [1.82, 2.24) is 15.3 Å². The average molecular weight is 505 g/mol. The highest BCUT2D eigenvalue weighted by molar-refractivity contribution is 5.75. The summed E-state index contributed by atoms with van der Waals surface area (Å²) in [6.45, 7) is 6.72. The molecular formula is C27H32N6O4. The van der Waals surface area contributed by atoms with Gasteiger partial charge in [-0.05, 0) is 31.9 Å². The molecule has 2 heterocycles. The van der Waals surface area contributed by atoms with E-state index in [2.05, 4.69) is 20.6 Å². The van der Waals surface area contributed by atoms with E-state index in [-0.39, 0.29) is 29.3 Å². The van der Waals surface area contributed by atoms with Gasteiger partial charge in [0.15, 0.2) is 6.23 Å². The molecule has 0 aliphatic carbocycles. The van der Waals surface area contributed by atoms with E-state index >= 15 is 0 Å². The molecule has 2 atom stereocenters. The fourth-order valence-corrected chi connectivity index (χ4v) is 4.09. The van der Waals surface area contributed by atoms with Crippen LogP contribution in [0.15, 0.2) is 67.0 Å². The molecule has 2 aromatic carbocycles. The lowest BCUT2D eigenvalue weighted by molar-refractivity contribution is -0.383. The van der Waals surface area contributed by atoms with Crippen LogP contribution in [0.25, 0.3) is 0 Å². The summed E-state index contributed by atoms with van der Waals surface area (Å²) >= 11 is 0. The maximum absolute atomic E-state index is 12.3. The molecule has 10 nitrogen and oxygen atoms in total. The Morgan fingerprint density at radius 2 is 1.68 bits per heavy atom. The highest BCUT2D eigenvalue weighted by atomic mass is 16.6. The minimum absolute atomic E-state index is 0.135. The number of ether oxygens (including phenoxy) is 1. The maximum atomic E-state index is 12.3. The number of benzene rings is 2. The van der Waals surface area contributed by atoms with Gasteiger partial charge in [0.05, 0.1) is 10.3 Å². The van der Waals surface area contributed by atoms with Crippen molar-refractivity contribution in [2.45, 2.75) is 52.6 Å². The summed E-state index contributed by atoms with van der Waals surface area (Å²) in [5.41, 5.74) is 1.20. The number of hydrogen-bond donors (Lipinski definition) is 2. The molecule has 1 aliphatic rings. The number of carbonyl (C=O) groups excluding carboxylic acids is 1. The normalized spacial score (nSPS) is 17.3. The Labute approximate surface area is 216 Å². The second-order valence-electron chi connectivity index (χ2n) is 10.1. The lowest BCUT2D eigenvalue weighted by Gasteiger charge is -2.24. The number of nitrogens with zero attached hydrogens (tertiary/aromatic N) is 4. The number of aromatic nitrogens is 2. The Morgan fingerprint density at radius 1 is 1.08 bits per heavy atom. The number of nitrogens with one attached hydrogen (secondary N) is 2. The van der Waals surface area contributed by atoms with Crippen LogP contribution in [0.1, 0.15) is 38.3 Å². The molecule has 1 aliphatic heterocycles. The topological polar surface area (TPSA) is 123 Å². The van der Waals surface area contributed by atoms with Gasteiger partial charge in [0, 0.05) is 32.1 Å². The molecule has 3 aromatic rings. The summed E-state index contributed by atoms with van der Waals surface area (Å²) in [5, 5.41) is 18.7. The van der Waals surface area contributed by atoms with Gasteiger partial charge in [-0.25, -0.2) is 9.97 Å². The van der Waals surface area contributed by atoms with Gasteiger partial charge in [0.25, 0.3) is 0 Å². The lowest BCUT2D eigenvalue weighted by Crippen LogP contribution is -2.33. The number of hydrogen-bond acceptors (Lipinski definition) is 9. The van der Waals surface area contributed by atoms with Gasteiger partial charge in [-0.1, -0.05) is 60.7 Å². The standard InChI is InChI=1S/C27H32N6O4/c1-27(2,3)26(34)37-22-14-21(15-28-22)31-24-23(33(35)36)25(30-18-29-24)32(16-19-10-6-4-7-11-19)17-20-12-8-5-9-13-20/h4-13,18,21-22,28H,14-17H2,1-3H3,(H,29,30,31). The molecule has 10 heteroatoms. The van der Waals surface area contributed by atoms with Crippen molar-refractivity contribution < 1.29 is 14.5 Å². The van der Waals surface area contributed by atoms with Crippen molar-refractivity contribution in [2.24, 2.45) is 5.41 Å². The van der Waals surface area contributed by atoms with Crippen LogP contribution in [-0.2, 0) is 22.6 Å². The van der Waals surface area contributed by atoms with Gasteiger partial charge >= 0.3 is 11.7 Å². The predicted molar refractivity (Wildman–Crippen MR) is 141 cm³/mol. The minimum atomic E-state index is -0.617. The van der Waals surface area contributed by atoms with Crippen LogP contribution in [0.5, 0.6) is 0 Å². The Kier molecular flexibility index (Phi) is 7.98. The maximum Gasteiger partial charge on any atom is 0.353 e. The van der Waals surface area contributed by atoms with Crippen LogP contribution in [0.4, 0.5) is 17.3 Å². The van der Waals surface area contributed by atoms with Gasteiger partial charge in [-0.15, -0.1) is 0 Å². The molecule has 1 aromatic heterocycles. The molecule has 4 rings (SSSR count). The zero-order valence-electron chi connectivity index (χ0n) is 21.3. The Bertz CT molecular complexity index is 1180. The first-order chi connectivity index (χ1) is 17.7. The summed E-state index contributed by atoms with van der Waals surface area (Å²) in [6, 6.07) is 19.3. The third kappa shape index (κ3) is 6.79. The van der Waals surface area contributed by atoms with E-state index in [1.54, 1.807) is 20.8 Å². The molecule has 0 radical (unpaired) electrons. The van der Waals surface area contributed by atoms with Crippen LogP contribution < -0.4 is 15.5 Å². The van der Waals surface area contributed by atoms with Gasteiger partial charge in [0.1, 0.15) is 6.33 Å². The third-order valence-electron chi connectivity index (χ3n) is 6.01. The zero-order chi connectivity index (χ0) is 26.4. The first kappa shape index (κ1) is 26.0. The van der Waals surface area contributed by atoms with Gasteiger partial charge < -0.3 is 15.0 Å². The van der Waals surface area contributed by atoms with Crippen molar-refractivity contribution in [3.63, 3.8) is 0 Å². The molecule has 0 spiro atoms. The fraction of sp³-hybridized carbons (Fsp3) is 0.370. The number of anilines is 2. The monoisotopic (exact) mass is 504 g/mol. The summed E-state index contributed by atoms with van der Waals surface area (Å²) < 4.78 is 5.55. The second kappa shape index (κ2) is 11.3. The zero-order valence-corrected chi connectivity index (χ0v) is 21.3. The first-order valence-electron chi connectivity index (χ1n) is 12.2. The molecule has 0 amide bonds. The number of nitro groups is 1. The highest BCUT2D eigenvalue weighted by Crippen LogP contribution is 2.34. The SMILES string of the molecule is CC(C)(C)C(=O)OC1CC(Nc2ncnc(N(Cc3ccccc3)Cc3ccccc3)c2[N+](=O)[O-])CN1. The van der Waals surface area contributed by atoms with Gasteiger partial charge in [0.2, 0.25) is 11.6 Å². The molecule has 2 unspecified atom stereocenters. The average Bonchev–Trinajstić information content (AvgIpc) is 3.30. The van der Waals surface area contributed by atoms with Crippen molar-refractivity contribution >= 4 is 23.3 Å². The molecule has 2 N–H and O–H groups in total. The fourth-order valence-electron chi connectivity index (χ4n) is 4.09. The Balaban J connectivity index is 1.59. The van der Waals surface area contributed by atoms with E-state index < -0.39 is 16.6 Å². The van der Waals surface area contributed by atoms with Crippen LogP contribution >= 0.6 is 0 Å². The second-order valence-corrected chi connectivity index (χ2v) is 10.1. The minimum Gasteiger partial charge on any atom is -0.446 e. The number of carbonyl (C=O) groups is 1. The van der Waals surface area contributed by atoms with E-state index in [0.29, 0.717) is 26.1 Å². The smallest absolute Gasteiger partial charge is 0.353 e. The lowest BCUT2D eigenvalue weighted by atomic mass is 9.97. The molecule has 1 fully saturated rings. The van der Waals surface area contributed by atoms with Gasteiger partial charge in [-0.3, -0.25) is 20.2 Å². The molecule has 1 saturated heterocycles. The highest BCUT2D eigenvalue weighted by Gasteiger charge is 2.34. The molecule has 37 heavy (non-hydrogen) atoms. The summed E-state index contributed by atoms with van der Waals surface area (Å²) in [6.07, 6.45) is 1.32. The van der Waals surface area contributed by atoms with E-state index in [0.717, 1.165) is 11.1 Å². The predicted octanol–water partition coefficient (Wildman–Crippen LogP) is 4.28. The Morgan fingerprint density at radius 3 is 2.22 bits per heavy atom. The van der Waals surface area contributed by atoms with Crippen molar-refractivity contribution in [2.75, 3.05) is 16.8 Å². The summed E-state index contributed by atoms with van der Waals surface area (Å²) in [4.78, 5) is 34.6. The van der Waals surface area contributed by atoms with Crippen molar-refractivity contribution in [3.8, 4) is 0 Å². The van der Waals surface area contributed by atoms with E-state index in [1.165, 1.54) is 6.33 Å². The van der Waals surface area contributed by atoms with Crippen molar-refractivity contribution in [1.29, 1.82) is 0 Å². The first-order valence-corrected chi connectivity index (χ1v) is 12.2. The number of rotatable bonds is 9.